The largest absolute Gasteiger partial charge is 0.227 e. The Kier molecular flexibility index (Phi) is 1.75. The van der Waals surface area contributed by atoms with Crippen molar-refractivity contribution in [3.8, 4) is 11.4 Å². The summed E-state index contributed by atoms with van der Waals surface area (Å²) in [6, 6.07) is -2.49. The minimum Gasteiger partial charge on any atom is -0.198 e. The van der Waals surface area contributed by atoms with E-state index >= 15 is 0 Å². The third kappa shape index (κ3) is 2.16. The van der Waals surface area contributed by atoms with E-state index in [1.54, 1.807) is 0 Å². The fourth-order valence-corrected chi connectivity index (χ4v) is 3.35. The van der Waals surface area contributed by atoms with Crippen LogP contribution in [0.15, 0.2) is 42.3 Å². The van der Waals surface area contributed by atoms with E-state index in [0.717, 1.165) is 11.3 Å². The zero-order valence-corrected chi connectivity index (χ0v) is 12.3. The molecule has 3 nitrogen and oxygen atoms in total. The van der Waals surface area contributed by atoms with Crippen LogP contribution in [0.25, 0.3) is 31.6 Å². The maximum atomic E-state index is 8.31. The average molecular weight is 339 g/mol. The molecule has 6 heteroatoms. The van der Waals surface area contributed by atoms with Crippen molar-refractivity contribution in [2.45, 2.75) is 0 Å². The highest BCUT2D eigenvalue weighted by Gasteiger charge is 2.13. The van der Waals surface area contributed by atoms with Gasteiger partial charge in [-0.15, -0.1) is 11.3 Å². The second kappa shape index (κ2) is 4.91. The number of hydrogen-bond donors (Lipinski definition) is 0. The molecule has 0 N–H and O–H groups in total. The van der Waals surface area contributed by atoms with Gasteiger partial charge in [-0.3, -0.25) is 0 Å². The minimum atomic E-state index is -0.439. The number of hydrogen-bond acceptors (Lipinski definition) is 4. The molecule has 0 fully saturated rings. The van der Waals surface area contributed by atoms with Crippen LogP contribution in [0.2, 0.25) is 10.6 Å². The van der Waals surface area contributed by atoms with Gasteiger partial charge in [0, 0.05) is 25.7 Å². The highest BCUT2D eigenvalue weighted by molar-refractivity contribution is 7.26. The van der Waals surface area contributed by atoms with Crippen LogP contribution in [0.4, 0.5) is 0 Å². The van der Waals surface area contributed by atoms with Gasteiger partial charge < -0.3 is 0 Å². The molecule has 102 valence electrons. The third-order valence-corrected chi connectivity index (χ3v) is 4.20. The lowest BCUT2D eigenvalue weighted by Crippen LogP contribution is -1.93. The molecule has 0 bridgehead atoms. The molecular formula is C15H7Cl2N3S. The van der Waals surface area contributed by atoms with E-state index in [1.165, 1.54) is 0 Å². The normalized spacial score (nSPS) is 16.0. The number of thiophene rings is 1. The summed E-state index contributed by atoms with van der Waals surface area (Å²) in [4.78, 5) is 11.6. The third-order valence-electron chi connectivity index (χ3n) is 2.74. The Labute approximate surface area is 144 Å². The lowest BCUT2D eigenvalue weighted by Gasteiger charge is -2.02. The Morgan fingerprint density at radius 1 is 0.857 bits per heavy atom. The molecule has 2 aromatic carbocycles. The predicted molar refractivity (Wildman–Crippen MR) is 88.2 cm³/mol. The molecule has 0 aliphatic carbocycles. The molecule has 0 spiro atoms. The smallest absolute Gasteiger partial charge is 0.198 e. The van der Waals surface area contributed by atoms with Crippen LogP contribution in [0.5, 0.6) is 0 Å². The standard InChI is InChI=1S/C15H7Cl2N3S/c16-14-18-13(19-15(17)20-14)10-6-3-5-9-8-4-1-2-7-11(8)21-12(9)10/h1-7H/i1D,2D,3D,4D,5D,6D,7D. The van der Waals surface area contributed by atoms with Crippen molar-refractivity contribution in [3.63, 3.8) is 0 Å². The lowest BCUT2D eigenvalue weighted by molar-refractivity contribution is 1.06. The summed E-state index contributed by atoms with van der Waals surface area (Å²) in [5.74, 6) is -0.0738. The lowest BCUT2D eigenvalue weighted by atomic mass is 10.1. The molecule has 21 heavy (non-hydrogen) atoms. The first-order valence-corrected chi connectivity index (χ1v) is 7.20. The van der Waals surface area contributed by atoms with Crippen molar-refractivity contribution in [3.05, 3.63) is 52.9 Å². The maximum absolute atomic E-state index is 8.31. The number of nitrogens with zero attached hydrogens (tertiary/aromatic N) is 3. The van der Waals surface area contributed by atoms with Crippen molar-refractivity contribution < 1.29 is 9.60 Å². The van der Waals surface area contributed by atoms with E-state index < -0.39 is 18.1 Å². The molecule has 0 aliphatic heterocycles. The Hall–Kier alpha value is -1.75. The summed E-state index contributed by atoms with van der Waals surface area (Å²) < 4.78 is 57.5. The van der Waals surface area contributed by atoms with Gasteiger partial charge >= 0.3 is 0 Å². The van der Waals surface area contributed by atoms with Crippen molar-refractivity contribution in [2.24, 2.45) is 0 Å². The predicted octanol–water partition coefficient (Wildman–Crippen LogP) is 5.21. The zero-order chi connectivity index (χ0) is 20.5. The van der Waals surface area contributed by atoms with E-state index in [0.29, 0.717) is 0 Å². The van der Waals surface area contributed by atoms with Crippen LogP contribution in [0.1, 0.15) is 9.60 Å². The molecular weight excluding hydrogens is 325 g/mol. The number of halogens is 2. The van der Waals surface area contributed by atoms with Gasteiger partial charge in [0.1, 0.15) is 0 Å². The summed E-state index contributed by atoms with van der Waals surface area (Å²) in [6.45, 7) is 0. The van der Waals surface area contributed by atoms with Crippen molar-refractivity contribution in [2.75, 3.05) is 0 Å². The Morgan fingerprint density at radius 2 is 1.57 bits per heavy atom. The fourth-order valence-electron chi connectivity index (χ4n) is 1.92. The van der Waals surface area contributed by atoms with Gasteiger partial charge in [0.25, 0.3) is 0 Å². The monoisotopic (exact) mass is 338 g/mol. The van der Waals surface area contributed by atoms with Crippen LogP contribution >= 0.6 is 34.5 Å². The van der Waals surface area contributed by atoms with Gasteiger partial charge in [-0.1, -0.05) is 30.2 Å². The molecule has 0 atom stereocenters. The summed E-state index contributed by atoms with van der Waals surface area (Å²) in [5, 5.41) is -0.170. The van der Waals surface area contributed by atoms with E-state index in [-0.39, 0.29) is 66.3 Å². The molecule has 0 saturated carbocycles. The Bertz CT molecular complexity index is 1310. The molecule has 2 heterocycles. The summed E-state index contributed by atoms with van der Waals surface area (Å²) >= 11 is 12.7. The zero-order valence-electron chi connectivity index (χ0n) is 17.0. The van der Waals surface area contributed by atoms with Crippen molar-refractivity contribution >= 4 is 54.7 Å². The van der Waals surface area contributed by atoms with E-state index in [9.17, 15) is 0 Å². The van der Waals surface area contributed by atoms with E-state index in [4.69, 9.17) is 32.8 Å². The highest BCUT2D eigenvalue weighted by atomic mass is 35.5. The molecule has 0 radical (unpaired) electrons. The summed E-state index contributed by atoms with van der Waals surface area (Å²) in [7, 11) is 0. The van der Waals surface area contributed by atoms with Crippen LogP contribution in [-0.2, 0) is 0 Å². The molecule has 0 unspecified atom stereocenters. The maximum Gasteiger partial charge on any atom is 0.227 e. The highest BCUT2D eigenvalue weighted by Crippen LogP contribution is 2.38. The Balaban J connectivity index is 2.30. The first-order chi connectivity index (χ1) is 13.1. The van der Waals surface area contributed by atoms with Crippen molar-refractivity contribution in [1.29, 1.82) is 0 Å². The van der Waals surface area contributed by atoms with Gasteiger partial charge in [-0.05, 0) is 35.3 Å². The summed E-state index contributed by atoms with van der Waals surface area (Å²) in [5.41, 5.74) is 0.0697. The van der Waals surface area contributed by atoms with E-state index in [2.05, 4.69) is 15.0 Å². The SMILES string of the molecule is [2H]c1c([2H])c([2H])c2c(sc3c(-c4nc(Cl)nc(Cl)n4)c([2H])c([2H])c([2H])c32)c1[2H]. The van der Waals surface area contributed by atoms with Crippen LogP contribution in [0.3, 0.4) is 0 Å². The number of rotatable bonds is 1. The van der Waals surface area contributed by atoms with Gasteiger partial charge in [0.15, 0.2) is 5.82 Å². The number of benzene rings is 2. The van der Waals surface area contributed by atoms with Crippen LogP contribution in [-0.4, -0.2) is 15.0 Å². The number of fused-ring (bicyclic) bond motifs is 3. The van der Waals surface area contributed by atoms with E-state index in [1.807, 2.05) is 0 Å². The fraction of sp³-hybridized carbons (Fsp3) is 0. The number of aromatic nitrogens is 3. The second-order valence-corrected chi connectivity index (χ2v) is 5.65. The Morgan fingerprint density at radius 3 is 2.38 bits per heavy atom. The first-order valence-electron chi connectivity index (χ1n) is 9.13. The molecule has 0 saturated heterocycles. The quantitative estimate of drug-likeness (QED) is 0.478. The van der Waals surface area contributed by atoms with Gasteiger partial charge in [0.05, 0.1) is 9.60 Å². The molecule has 4 rings (SSSR count). The topological polar surface area (TPSA) is 38.7 Å². The van der Waals surface area contributed by atoms with Gasteiger partial charge in [-0.2, -0.15) is 15.0 Å². The average Bonchev–Trinajstić information content (AvgIpc) is 3.02. The van der Waals surface area contributed by atoms with Crippen LogP contribution in [0, 0.1) is 0 Å². The van der Waals surface area contributed by atoms with Crippen LogP contribution < -0.4 is 0 Å². The molecule has 0 aliphatic rings. The van der Waals surface area contributed by atoms with Gasteiger partial charge in [0.2, 0.25) is 10.6 Å². The second-order valence-electron chi connectivity index (χ2n) is 3.96. The van der Waals surface area contributed by atoms with Crippen molar-refractivity contribution in [1.82, 2.24) is 15.0 Å². The first kappa shape index (κ1) is 7.49. The molecule has 4 aromatic rings. The molecule has 2 aromatic heterocycles. The van der Waals surface area contributed by atoms with Gasteiger partial charge in [-0.25, -0.2) is 0 Å². The molecule has 0 amide bonds. The summed E-state index contributed by atoms with van der Waals surface area (Å²) in [6.07, 6.45) is 0. The minimum absolute atomic E-state index is 0.0697.